The van der Waals surface area contributed by atoms with E-state index in [-0.39, 0.29) is 0 Å². The van der Waals surface area contributed by atoms with Crippen LogP contribution < -0.4 is 5.32 Å². The van der Waals surface area contributed by atoms with Crippen molar-refractivity contribution < 1.29 is 5.11 Å². The molecular weight excluding hydrogens is 224 g/mol. The van der Waals surface area contributed by atoms with Gasteiger partial charge in [-0.25, -0.2) is 0 Å². The lowest BCUT2D eigenvalue weighted by atomic mass is 9.69. The maximum absolute atomic E-state index is 8.99. The van der Waals surface area contributed by atoms with Crippen molar-refractivity contribution in [3.63, 3.8) is 0 Å². The van der Waals surface area contributed by atoms with Gasteiger partial charge in [0.05, 0.1) is 0 Å². The van der Waals surface area contributed by atoms with Crippen molar-refractivity contribution in [2.75, 3.05) is 39.8 Å². The molecular formula is C15H32N2O. The molecule has 108 valence electrons. The summed E-state index contributed by atoms with van der Waals surface area (Å²) < 4.78 is 0. The van der Waals surface area contributed by atoms with Gasteiger partial charge >= 0.3 is 0 Å². The highest BCUT2D eigenvalue weighted by Gasteiger charge is 2.35. The highest BCUT2D eigenvalue weighted by atomic mass is 16.3. The lowest BCUT2D eigenvalue weighted by Gasteiger charge is -2.43. The SMILES string of the molecule is CCN(CCCO)CC1(CNC)CCCC(C)C1. The third-order valence-electron chi connectivity index (χ3n) is 4.38. The predicted molar refractivity (Wildman–Crippen MR) is 77.8 cm³/mol. The average molecular weight is 256 g/mol. The summed E-state index contributed by atoms with van der Waals surface area (Å²) in [6.45, 7) is 9.39. The van der Waals surface area contributed by atoms with Crippen LogP contribution in [0.4, 0.5) is 0 Å². The topological polar surface area (TPSA) is 35.5 Å². The maximum Gasteiger partial charge on any atom is 0.0443 e. The lowest BCUT2D eigenvalue weighted by molar-refractivity contribution is 0.0807. The molecule has 0 spiro atoms. The van der Waals surface area contributed by atoms with Crippen LogP contribution in [0.3, 0.4) is 0 Å². The quantitative estimate of drug-likeness (QED) is 0.698. The summed E-state index contributed by atoms with van der Waals surface area (Å²) in [5.41, 5.74) is 0.456. The second kappa shape index (κ2) is 8.13. The van der Waals surface area contributed by atoms with Gasteiger partial charge in [0.15, 0.2) is 0 Å². The first kappa shape index (κ1) is 15.9. The summed E-state index contributed by atoms with van der Waals surface area (Å²) in [5.74, 6) is 0.864. The fourth-order valence-electron chi connectivity index (χ4n) is 3.62. The van der Waals surface area contributed by atoms with Crippen molar-refractivity contribution in [1.82, 2.24) is 10.2 Å². The number of aliphatic hydroxyl groups is 1. The van der Waals surface area contributed by atoms with Crippen molar-refractivity contribution in [3.05, 3.63) is 0 Å². The Kier molecular flexibility index (Phi) is 7.20. The molecule has 0 radical (unpaired) electrons. The van der Waals surface area contributed by atoms with Crippen LogP contribution in [0.1, 0.15) is 46.0 Å². The normalized spacial score (nSPS) is 28.8. The molecule has 0 aromatic rings. The van der Waals surface area contributed by atoms with E-state index in [1.807, 2.05) is 0 Å². The number of rotatable bonds is 8. The van der Waals surface area contributed by atoms with Gasteiger partial charge in [-0.05, 0) is 44.2 Å². The molecule has 2 unspecified atom stereocenters. The smallest absolute Gasteiger partial charge is 0.0443 e. The number of hydrogen-bond donors (Lipinski definition) is 2. The van der Waals surface area contributed by atoms with E-state index < -0.39 is 0 Å². The summed E-state index contributed by atoms with van der Waals surface area (Å²) in [4.78, 5) is 2.52. The monoisotopic (exact) mass is 256 g/mol. The largest absolute Gasteiger partial charge is 0.396 e. The summed E-state index contributed by atoms with van der Waals surface area (Å²) in [6.07, 6.45) is 6.38. The van der Waals surface area contributed by atoms with Gasteiger partial charge in [0.25, 0.3) is 0 Å². The first-order valence-electron chi connectivity index (χ1n) is 7.63. The van der Waals surface area contributed by atoms with Crippen molar-refractivity contribution in [2.24, 2.45) is 11.3 Å². The van der Waals surface area contributed by atoms with Gasteiger partial charge in [0.2, 0.25) is 0 Å². The van der Waals surface area contributed by atoms with Crippen molar-refractivity contribution in [1.29, 1.82) is 0 Å². The molecule has 0 amide bonds. The molecule has 2 N–H and O–H groups in total. The first-order chi connectivity index (χ1) is 8.65. The van der Waals surface area contributed by atoms with E-state index in [9.17, 15) is 0 Å². The van der Waals surface area contributed by atoms with Crippen LogP contribution in [0.2, 0.25) is 0 Å². The lowest BCUT2D eigenvalue weighted by Crippen LogP contribution is -2.46. The Hall–Kier alpha value is -0.120. The van der Waals surface area contributed by atoms with Crippen molar-refractivity contribution in [3.8, 4) is 0 Å². The molecule has 2 atom stereocenters. The minimum atomic E-state index is 0.311. The maximum atomic E-state index is 8.99. The number of nitrogens with zero attached hydrogens (tertiary/aromatic N) is 1. The summed E-state index contributed by atoms with van der Waals surface area (Å²) in [7, 11) is 2.07. The third-order valence-corrected chi connectivity index (χ3v) is 4.38. The van der Waals surface area contributed by atoms with E-state index >= 15 is 0 Å². The van der Waals surface area contributed by atoms with Crippen LogP contribution in [-0.4, -0.2) is 49.8 Å². The van der Waals surface area contributed by atoms with Crippen LogP contribution in [0.25, 0.3) is 0 Å². The molecule has 1 aliphatic carbocycles. The fourth-order valence-corrected chi connectivity index (χ4v) is 3.62. The molecule has 18 heavy (non-hydrogen) atoms. The predicted octanol–water partition coefficient (Wildman–Crippen LogP) is 2.11. The Bertz CT molecular complexity index is 219. The van der Waals surface area contributed by atoms with Gasteiger partial charge in [-0.1, -0.05) is 26.7 Å². The van der Waals surface area contributed by atoms with E-state index in [1.165, 1.54) is 32.2 Å². The van der Waals surface area contributed by atoms with Gasteiger partial charge in [0.1, 0.15) is 0 Å². The van der Waals surface area contributed by atoms with Crippen LogP contribution in [0.15, 0.2) is 0 Å². The van der Waals surface area contributed by atoms with Crippen LogP contribution in [0.5, 0.6) is 0 Å². The van der Waals surface area contributed by atoms with Crippen LogP contribution in [-0.2, 0) is 0 Å². The molecule has 0 aromatic carbocycles. The van der Waals surface area contributed by atoms with Crippen LogP contribution in [0, 0.1) is 11.3 Å². The molecule has 0 aromatic heterocycles. The standard InChI is InChI=1S/C15H32N2O/c1-4-17(9-6-10-18)13-15(12-16-3)8-5-7-14(2)11-15/h14,16,18H,4-13H2,1-3H3. The zero-order valence-corrected chi connectivity index (χ0v) is 12.5. The van der Waals surface area contributed by atoms with Crippen molar-refractivity contribution >= 4 is 0 Å². The molecule has 0 bridgehead atoms. The van der Waals surface area contributed by atoms with Gasteiger partial charge < -0.3 is 15.3 Å². The summed E-state index contributed by atoms with van der Waals surface area (Å²) in [6, 6.07) is 0. The minimum absolute atomic E-state index is 0.311. The van der Waals surface area contributed by atoms with E-state index in [0.717, 1.165) is 32.0 Å². The summed E-state index contributed by atoms with van der Waals surface area (Å²) >= 11 is 0. The highest BCUT2D eigenvalue weighted by Crippen LogP contribution is 2.39. The molecule has 1 saturated carbocycles. The molecule has 1 fully saturated rings. The van der Waals surface area contributed by atoms with Gasteiger partial charge in [-0.2, -0.15) is 0 Å². The minimum Gasteiger partial charge on any atom is -0.396 e. The zero-order chi connectivity index (χ0) is 13.4. The van der Waals surface area contributed by atoms with E-state index in [1.54, 1.807) is 0 Å². The molecule has 0 aliphatic heterocycles. The Balaban J connectivity index is 2.59. The fraction of sp³-hybridized carbons (Fsp3) is 1.00. The Labute approximate surface area is 113 Å². The molecule has 0 saturated heterocycles. The molecule has 3 heteroatoms. The highest BCUT2D eigenvalue weighted by molar-refractivity contribution is 4.89. The van der Waals surface area contributed by atoms with E-state index in [0.29, 0.717) is 12.0 Å². The van der Waals surface area contributed by atoms with Crippen LogP contribution >= 0.6 is 0 Å². The number of nitrogens with one attached hydrogen (secondary N) is 1. The summed E-state index contributed by atoms with van der Waals surface area (Å²) in [5, 5.41) is 12.4. The van der Waals surface area contributed by atoms with E-state index in [2.05, 4.69) is 31.1 Å². The molecule has 0 heterocycles. The first-order valence-corrected chi connectivity index (χ1v) is 7.63. The number of hydrogen-bond acceptors (Lipinski definition) is 3. The zero-order valence-electron chi connectivity index (χ0n) is 12.5. The Morgan fingerprint density at radius 3 is 2.78 bits per heavy atom. The van der Waals surface area contributed by atoms with Gasteiger partial charge in [-0.15, -0.1) is 0 Å². The van der Waals surface area contributed by atoms with E-state index in [4.69, 9.17) is 5.11 Å². The Morgan fingerprint density at radius 1 is 1.44 bits per heavy atom. The molecule has 3 nitrogen and oxygen atoms in total. The van der Waals surface area contributed by atoms with Crippen molar-refractivity contribution in [2.45, 2.75) is 46.0 Å². The second-order valence-corrected chi connectivity index (χ2v) is 6.18. The second-order valence-electron chi connectivity index (χ2n) is 6.18. The average Bonchev–Trinajstić information content (AvgIpc) is 2.35. The van der Waals surface area contributed by atoms with Gasteiger partial charge in [0, 0.05) is 26.2 Å². The molecule has 1 aliphatic rings. The Morgan fingerprint density at radius 2 is 2.22 bits per heavy atom. The number of aliphatic hydroxyl groups excluding tert-OH is 1. The molecule has 1 rings (SSSR count). The third kappa shape index (κ3) is 4.87. The van der Waals surface area contributed by atoms with Gasteiger partial charge in [-0.3, -0.25) is 0 Å².